The lowest BCUT2D eigenvalue weighted by Crippen LogP contribution is -2.28. The first-order valence-corrected chi connectivity index (χ1v) is 17.0. The molecule has 0 aromatic heterocycles. The molecule has 0 N–H and O–H groups in total. The number of hydrogen-bond donors (Lipinski definition) is 0. The lowest BCUT2D eigenvalue weighted by Gasteiger charge is -2.25. The first kappa shape index (κ1) is 36.9. The zero-order valence-corrected chi connectivity index (χ0v) is 26.5. The Kier molecular flexibility index (Phi) is 28.8. The smallest absolute Gasteiger partial charge is 0.160 e. The predicted octanol–water partition coefficient (Wildman–Crippen LogP) is 11.6. The monoisotopic (exact) mass is 527 g/mol. The van der Waals surface area contributed by atoms with Crippen molar-refractivity contribution in [2.75, 3.05) is 13.2 Å². The second-order valence-electron chi connectivity index (χ2n) is 11.7. The van der Waals surface area contributed by atoms with Crippen LogP contribution < -0.4 is 0 Å². The van der Waals surface area contributed by atoms with Crippen LogP contribution in [-0.2, 0) is 14.2 Å². The van der Waals surface area contributed by atoms with Gasteiger partial charge in [0.05, 0.1) is 6.61 Å². The maximum atomic E-state index is 6.22. The van der Waals surface area contributed by atoms with Gasteiger partial charge in [-0.1, -0.05) is 157 Å². The zero-order chi connectivity index (χ0) is 27.4. The van der Waals surface area contributed by atoms with E-state index in [9.17, 15) is 0 Å². The average molecular weight is 527 g/mol. The van der Waals surface area contributed by atoms with Crippen molar-refractivity contribution in [1.82, 2.24) is 0 Å². The highest BCUT2D eigenvalue weighted by molar-refractivity contribution is 4.59. The SMILES string of the molecule is CCCCCCCCCCC(CC)COC(CC)OC(CC)OCCCCCCCCCCC(C)CC. The predicted molar refractivity (Wildman–Crippen MR) is 163 cm³/mol. The highest BCUT2D eigenvalue weighted by atomic mass is 16.8. The van der Waals surface area contributed by atoms with Crippen LogP contribution in [0, 0.1) is 11.8 Å². The average Bonchev–Trinajstić information content (AvgIpc) is 2.92. The molecule has 0 rings (SSSR count). The number of unbranched alkanes of at least 4 members (excludes halogenated alkanes) is 14. The number of ether oxygens (including phenoxy) is 3. The van der Waals surface area contributed by atoms with E-state index in [1.807, 2.05) is 0 Å². The Morgan fingerprint density at radius 2 is 0.946 bits per heavy atom. The van der Waals surface area contributed by atoms with Crippen molar-refractivity contribution in [2.24, 2.45) is 11.8 Å². The molecule has 0 saturated heterocycles. The van der Waals surface area contributed by atoms with Crippen LogP contribution in [0.25, 0.3) is 0 Å². The molecule has 0 aliphatic rings. The van der Waals surface area contributed by atoms with Gasteiger partial charge in [-0.05, 0) is 37.5 Å². The third kappa shape index (κ3) is 24.6. The highest BCUT2D eigenvalue weighted by Crippen LogP contribution is 2.19. The molecule has 0 radical (unpaired) electrons. The molecule has 224 valence electrons. The standard InChI is InChI=1S/C34H70O3/c1-7-12-13-14-15-19-22-25-28-32(9-3)30-36-34(11-5)37-33(10-4)35-29-26-23-20-17-16-18-21-24-27-31(6)8-2/h31-34H,7-30H2,1-6H3. The van der Waals surface area contributed by atoms with Gasteiger partial charge in [0.15, 0.2) is 12.6 Å². The third-order valence-corrected chi connectivity index (χ3v) is 8.12. The molecule has 0 spiro atoms. The van der Waals surface area contributed by atoms with E-state index in [1.54, 1.807) is 0 Å². The lowest BCUT2D eigenvalue weighted by atomic mass is 9.98. The van der Waals surface area contributed by atoms with Crippen LogP contribution in [0.3, 0.4) is 0 Å². The maximum absolute atomic E-state index is 6.22. The van der Waals surface area contributed by atoms with Crippen molar-refractivity contribution < 1.29 is 14.2 Å². The van der Waals surface area contributed by atoms with Crippen molar-refractivity contribution >= 4 is 0 Å². The molecular formula is C34H70O3. The number of hydrogen-bond acceptors (Lipinski definition) is 3. The van der Waals surface area contributed by atoms with Crippen LogP contribution in [0.2, 0.25) is 0 Å². The van der Waals surface area contributed by atoms with Gasteiger partial charge < -0.3 is 14.2 Å². The summed E-state index contributed by atoms with van der Waals surface area (Å²) in [5.74, 6) is 1.56. The van der Waals surface area contributed by atoms with Crippen LogP contribution in [0.4, 0.5) is 0 Å². The number of rotatable bonds is 30. The fourth-order valence-electron chi connectivity index (χ4n) is 4.97. The Morgan fingerprint density at radius 3 is 1.46 bits per heavy atom. The summed E-state index contributed by atoms with van der Waals surface area (Å²) in [5.41, 5.74) is 0. The van der Waals surface area contributed by atoms with Gasteiger partial charge in [0.1, 0.15) is 0 Å². The van der Waals surface area contributed by atoms with Gasteiger partial charge in [-0.25, -0.2) is 0 Å². The molecule has 0 fully saturated rings. The molecule has 4 atom stereocenters. The van der Waals surface area contributed by atoms with Crippen LogP contribution >= 0.6 is 0 Å². The van der Waals surface area contributed by atoms with Gasteiger partial charge in [-0.15, -0.1) is 0 Å². The van der Waals surface area contributed by atoms with Crippen LogP contribution in [0.15, 0.2) is 0 Å². The third-order valence-electron chi connectivity index (χ3n) is 8.12. The summed E-state index contributed by atoms with van der Waals surface area (Å²) in [5, 5.41) is 0. The molecule has 0 aromatic rings. The first-order chi connectivity index (χ1) is 18.1. The maximum Gasteiger partial charge on any atom is 0.160 e. The second kappa shape index (κ2) is 28.9. The molecule has 3 heteroatoms. The normalized spacial score (nSPS) is 15.1. The summed E-state index contributed by atoms with van der Waals surface area (Å²) in [4.78, 5) is 0. The molecule has 0 amide bonds. The van der Waals surface area contributed by atoms with Crippen molar-refractivity contribution in [1.29, 1.82) is 0 Å². The van der Waals surface area contributed by atoms with E-state index in [2.05, 4.69) is 41.5 Å². The van der Waals surface area contributed by atoms with E-state index in [0.717, 1.165) is 38.4 Å². The quantitative estimate of drug-likeness (QED) is 0.0688. The fourth-order valence-corrected chi connectivity index (χ4v) is 4.97. The van der Waals surface area contributed by atoms with E-state index in [-0.39, 0.29) is 12.6 Å². The minimum Gasteiger partial charge on any atom is -0.353 e. The summed E-state index contributed by atoms with van der Waals surface area (Å²) in [6.45, 7) is 15.2. The van der Waals surface area contributed by atoms with E-state index < -0.39 is 0 Å². The van der Waals surface area contributed by atoms with Crippen LogP contribution in [0.1, 0.15) is 183 Å². The van der Waals surface area contributed by atoms with Gasteiger partial charge in [-0.2, -0.15) is 0 Å². The summed E-state index contributed by atoms with van der Waals surface area (Å²) in [6.07, 6.45) is 28.6. The molecular weight excluding hydrogens is 456 g/mol. The topological polar surface area (TPSA) is 27.7 Å². The summed E-state index contributed by atoms with van der Waals surface area (Å²) >= 11 is 0. The van der Waals surface area contributed by atoms with Gasteiger partial charge >= 0.3 is 0 Å². The summed E-state index contributed by atoms with van der Waals surface area (Å²) in [6, 6.07) is 0. The fraction of sp³-hybridized carbons (Fsp3) is 1.00. The second-order valence-corrected chi connectivity index (χ2v) is 11.7. The highest BCUT2D eigenvalue weighted by Gasteiger charge is 2.17. The zero-order valence-electron chi connectivity index (χ0n) is 26.5. The molecule has 37 heavy (non-hydrogen) atoms. The van der Waals surface area contributed by atoms with Crippen molar-refractivity contribution in [3.8, 4) is 0 Å². The van der Waals surface area contributed by atoms with Gasteiger partial charge in [0.2, 0.25) is 0 Å². The molecule has 0 saturated carbocycles. The molecule has 0 aliphatic heterocycles. The van der Waals surface area contributed by atoms with E-state index in [0.29, 0.717) is 5.92 Å². The van der Waals surface area contributed by atoms with E-state index in [4.69, 9.17) is 14.2 Å². The van der Waals surface area contributed by atoms with Crippen molar-refractivity contribution in [3.63, 3.8) is 0 Å². The lowest BCUT2D eigenvalue weighted by molar-refractivity contribution is -0.249. The summed E-state index contributed by atoms with van der Waals surface area (Å²) < 4.78 is 18.5. The van der Waals surface area contributed by atoms with Gasteiger partial charge in [-0.3, -0.25) is 0 Å². The van der Waals surface area contributed by atoms with E-state index >= 15 is 0 Å². The van der Waals surface area contributed by atoms with Crippen molar-refractivity contribution in [3.05, 3.63) is 0 Å². The van der Waals surface area contributed by atoms with Crippen molar-refractivity contribution in [2.45, 2.75) is 195 Å². The Hall–Kier alpha value is -0.120. The largest absolute Gasteiger partial charge is 0.353 e. The Balaban J connectivity index is 3.82. The summed E-state index contributed by atoms with van der Waals surface area (Å²) in [7, 11) is 0. The van der Waals surface area contributed by atoms with E-state index in [1.165, 1.54) is 122 Å². The Bertz CT molecular complexity index is 427. The molecule has 0 heterocycles. The van der Waals surface area contributed by atoms with Gasteiger partial charge in [0, 0.05) is 6.61 Å². The van der Waals surface area contributed by atoms with Gasteiger partial charge in [0.25, 0.3) is 0 Å². The van der Waals surface area contributed by atoms with Crippen LogP contribution in [-0.4, -0.2) is 25.8 Å². The molecule has 4 unspecified atom stereocenters. The molecule has 0 aliphatic carbocycles. The molecule has 3 nitrogen and oxygen atoms in total. The Morgan fingerprint density at radius 1 is 0.459 bits per heavy atom. The molecule has 0 aromatic carbocycles. The molecule has 0 bridgehead atoms. The Labute approximate surface area is 234 Å². The van der Waals surface area contributed by atoms with Crippen LogP contribution in [0.5, 0.6) is 0 Å². The first-order valence-electron chi connectivity index (χ1n) is 17.0. The minimum atomic E-state index is -0.141. The minimum absolute atomic E-state index is 0.136.